The first-order chi connectivity index (χ1) is 13.9. The van der Waals surface area contributed by atoms with Gasteiger partial charge in [-0.25, -0.2) is 4.98 Å². The van der Waals surface area contributed by atoms with Crippen LogP contribution >= 0.6 is 22.9 Å². The van der Waals surface area contributed by atoms with Crippen LogP contribution in [0.2, 0.25) is 5.02 Å². The lowest BCUT2D eigenvalue weighted by atomic mass is 10.1. The van der Waals surface area contributed by atoms with Crippen LogP contribution in [0.1, 0.15) is 17.5 Å². The lowest BCUT2D eigenvalue weighted by Crippen LogP contribution is -2.34. The molecule has 0 bridgehead atoms. The van der Waals surface area contributed by atoms with Crippen LogP contribution in [0.5, 0.6) is 5.75 Å². The van der Waals surface area contributed by atoms with Crippen LogP contribution in [-0.4, -0.2) is 50.1 Å². The number of hydrogen-bond acceptors (Lipinski definition) is 5. The van der Waals surface area contributed by atoms with E-state index in [9.17, 15) is 4.79 Å². The number of rotatable bonds is 8. The molecule has 0 saturated heterocycles. The number of methoxy groups -OCH3 is 1. The third-order valence-corrected chi connectivity index (χ3v) is 6.31. The number of anilines is 1. The standard InChI is InChI=1S/C22H26ClN3O2S/c1-15-10-11-18(28-4)20-21(15)29-22(24-20)26(13-7-12-25(2)3)19(27)14-16-8-5-6-9-17(16)23/h5-6,8-11H,7,12-14H2,1-4H3. The van der Waals surface area contributed by atoms with Crippen molar-refractivity contribution in [3.8, 4) is 5.75 Å². The highest BCUT2D eigenvalue weighted by molar-refractivity contribution is 7.22. The Morgan fingerprint density at radius 2 is 1.93 bits per heavy atom. The predicted octanol–water partition coefficient (Wildman–Crippen LogP) is 4.79. The zero-order valence-electron chi connectivity index (χ0n) is 17.2. The van der Waals surface area contributed by atoms with Crippen molar-refractivity contribution in [3.63, 3.8) is 0 Å². The van der Waals surface area contributed by atoms with Crippen molar-refractivity contribution in [2.24, 2.45) is 0 Å². The molecule has 29 heavy (non-hydrogen) atoms. The van der Waals surface area contributed by atoms with Gasteiger partial charge in [-0.05, 0) is 57.2 Å². The van der Waals surface area contributed by atoms with Crippen LogP contribution in [-0.2, 0) is 11.2 Å². The molecule has 1 aromatic heterocycles. The molecule has 3 rings (SSSR count). The Hall–Kier alpha value is -2.15. The average Bonchev–Trinajstić information content (AvgIpc) is 3.13. The fourth-order valence-corrected chi connectivity index (χ4v) is 4.45. The zero-order valence-corrected chi connectivity index (χ0v) is 18.8. The number of hydrogen-bond donors (Lipinski definition) is 0. The van der Waals surface area contributed by atoms with Crippen LogP contribution in [0.15, 0.2) is 36.4 Å². The van der Waals surface area contributed by atoms with Gasteiger partial charge in [0.1, 0.15) is 11.3 Å². The van der Waals surface area contributed by atoms with E-state index in [1.54, 1.807) is 12.0 Å². The Morgan fingerprint density at radius 3 is 2.62 bits per heavy atom. The van der Waals surface area contributed by atoms with Gasteiger partial charge in [-0.1, -0.05) is 47.2 Å². The number of amides is 1. The highest BCUT2D eigenvalue weighted by Crippen LogP contribution is 2.36. The summed E-state index contributed by atoms with van der Waals surface area (Å²) in [6.07, 6.45) is 1.10. The molecule has 0 aliphatic rings. The number of carbonyl (C=O) groups is 1. The van der Waals surface area contributed by atoms with E-state index in [0.29, 0.717) is 16.7 Å². The number of carbonyl (C=O) groups excluding carboxylic acids is 1. The van der Waals surface area contributed by atoms with E-state index in [-0.39, 0.29) is 12.3 Å². The van der Waals surface area contributed by atoms with Gasteiger partial charge < -0.3 is 9.64 Å². The van der Waals surface area contributed by atoms with Crippen molar-refractivity contribution in [1.82, 2.24) is 9.88 Å². The minimum absolute atomic E-state index is 0.00691. The minimum atomic E-state index is -0.00691. The molecule has 0 atom stereocenters. The summed E-state index contributed by atoms with van der Waals surface area (Å²) in [6, 6.07) is 11.4. The maximum Gasteiger partial charge on any atom is 0.233 e. The van der Waals surface area contributed by atoms with E-state index in [1.807, 2.05) is 57.4 Å². The van der Waals surface area contributed by atoms with Crippen molar-refractivity contribution in [1.29, 1.82) is 0 Å². The highest BCUT2D eigenvalue weighted by Gasteiger charge is 2.22. The van der Waals surface area contributed by atoms with E-state index < -0.39 is 0 Å². The molecule has 0 fully saturated rings. The molecule has 0 aliphatic carbocycles. The van der Waals surface area contributed by atoms with Gasteiger partial charge in [0.25, 0.3) is 0 Å². The quantitative estimate of drug-likeness (QED) is 0.514. The molecule has 3 aromatic rings. The first-order valence-corrected chi connectivity index (χ1v) is 10.7. The summed E-state index contributed by atoms with van der Waals surface area (Å²) in [4.78, 5) is 21.9. The summed E-state index contributed by atoms with van der Waals surface area (Å²) in [5, 5.41) is 1.30. The van der Waals surface area contributed by atoms with Gasteiger partial charge in [-0.3, -0.25) is 9.69 Å². The maximum atomic E-state index is 13.2. The summed E-state index contributed by atoms with van der Waals surface area (Å²) < 4.78 is 6.52. The second kappa shape index (κ2) is 9.57. The van der Waals surface area contributed by atoms with Crippen molar-refractivity contribution in [3.05, 3.63) is 52.5 Å². The van der Waals surface area contributed by atoms with E-state index in [0.717, 1.165) is 40.1 Å². The van der Waals surface area contributed by atoms with Gasteiger partial charge >= 0.3 is 0 Å². The number of ether oxygens (including phenoxy) is 1. The van der Waals surface area contributed by atoms with Crippen molar-refractivity contribution >= 4 is 44.2 Å². The molecule has 5 nitrogen and oxygen atoms in total. The Bertz CT molecular complexity index is 1000. The zero-order chi connectivity index (χ0) is 21.0. The molecule has 1 amide bonds. The number of aryl methyl sites for hydroxylation is 1. The number of halogens is 1. The molecule has 0 N–H and O–H groups in total. The third kappa shape index (κ3) is 5.07. The first-order valence-electron chi connectivity index (χ1n) is 9.53. The summed E-state index contributed by atoms with van der Waals surface area (Å²) in [5.74, 6) is 0.715. The number of fused-ring (bicyclic) bond motifs is 1. The molecular formula is C22H26ClN3O2S. The van der Waals surface area contributed by atoms with E-state index in [1.165, 1.54) is 11.3 Å². The lowest BCUT2D eigenvalue weighted by molar-refractivity contribution is -0.118. The second-order valence-corrected chi connectivity index (χ2v) is 8.61. The largest absolute Gasteiger partial charge is 0.494 e. The number of benzene rings is 2. The van der Waals surface area contributed by atoms with E-state index in [2.05, 4.69) is 4.90 Å². The summed E-state index contributed by atoms with van der Waals surface area (Å²) in [6.45, 7) is 3.54. The predicted molar refractivity (Wildman–Crippen MR) is 122 cm³/mol. The van der Waals surface area contributed by atoms with E-state index >= 15 is 0 Å². The fourth-order valence-electron chi connectivity index (χ4n) is 3.15. The minimum Gasteiger partial charge on any atom is -0.494 e. The van der Waals surface area contributed by atoms with Crippen molar-refractivity contribution in [2.75, 3.05) is 39.2 Å². The summed E-state index contributed by atoms with van der Waals surface area (Å²) in [5.41, 5.74) is 2.75. The van der Waals surface area contributed by atoms with Crippen LogP contribution in [0.25, 0.3) is 10.2 Å². The number of nitrogens with zero attached hydrogens (tertiary/aromatic N) is 3. The molecule has 1 heterocycles. The molecule has 154 valence electrons. The number of thiazole rings is 1. The van der Waals surface area contributed by atoms with Crippen LogP contribution in [0, 0.1) is 6.92 Å². The summed E-state index contributed by atoms with van der Waals surface area (Å²) in [7, 11) is 5.70. The Kier molecular flexibility index (Phi) is 7.11. The van der Waals surface area contributed by atoms with Gasteiger partial charge in [0.05, 0.1) is 18.2 Å². The van der Waals surface area contributed by atoms with Gasteiger partial charge in [0.2, 0.25) is 5.91 Å². The Balaban J connectivity index is 1.94. The topological polar surface area (TPSA) is 45.7 Å². The summed E-state index contributed by atoms with van der Waals surface area (Å²) >= 11 is 7.81. The smallest absolute Gasteiger partial charge is 0.233 e. The molecule has 0 saturated carbocycles. The van der Waals surface area contributed by atoms with Gasteiger partial charge in [-0.2, -0.15) is 0 Å². The number of aromatic nitrogens is 1. The van der Waals surface area contributed by atoms with Crippen molar-refractivity contribution < 1.29 is 9.53 Å². The molecule has 2 aromatic carbocycles. The monoisotopic (exact) mass is 431 g/mol. The third-order valence-electron chi connectivity index (χ3n) is 4.73. The Labute approximate surface area is 180 Å². The normalized spacial score (nSPS) is 11.2. The van der Waals surface area contributed by atoms with Crippen molar-refractivity contribution in [2.45, 2.75) is 19.8 Å². The first kappa shape index (κ1) is 21.6. The molecule has 0 spiro atoms. The van der Waals surface area contributed by atoms with Crippen LogP contribution < -0.4 is 9.64 Å². The molecule has 0 radical (unpaired) electrons. The van der Waals surface area contributed by atoms with Crippen LogP contribution in [0.4, 0.5) is 5.13 Å². The average molecular weight is 432 g/mol. The molecular weight excluding hydrogens is 406 g/mol. The SMILES string of the molecule is COc1ccc(C)c2sc(N(CCCN(C)C)C(=O)Cc3ccccc3Cl)nc12. The Morgan fingerprint density at radius 1 is 1.17 bits per heavy atom. The maximum absolute atomic E-state index is 13.2. The molecule has 7 heteroatoms. The molecule has 0 unspecified atom stereocenters. The van der Waals surface area contributed by atoms with Gasteiger partial charge in [0, 0.05) is 11.6 Å². The van der Waals surface area contributed by atoms with E-state index in [4.69, 9.17) is 21.3 Å². The van der Waals surface area contributed by atoms with Gasteiger partial charge in [0.15, 0.2) is 5.13 Å². The van der Waals surface area contributed by atoms with Gasteiger partial charge in [-0.15, -0.1) is 0 Å². The highest BCUT2D eigenvalue weighted by atomic mass is 35.5. The van der Waals surface area contributed by atoms with Crippen LogP contribution in [0.3, 0.4) is 0 Å². The lowest BCUT2D eigenvalue weighted by Gasteiger charge is -2.21. The second-order valence-electron chi connectivity index (χ2n) is 7.23. The molecule has 0 aliphatic heterocycles. The fraction of sp³-hybridized carbons (Fsp3) is 0.364.